The molecular formula is C17H26N4O2. The summed E-state index contributed by atoms with van der Waals surface area (Å²) in [5.41, 5.74) is 0.870. The number of aromatic nitrogens is 2. The lowest BCUT2D eigenvalue weighted by Gasteiger charge is -2.34. The number of hydrogen-bond acceptors (Lipinski definition) is 4. The van der Waals surface area contributed by atoms with Gasteiger partial charge in [-0.15, -0.1) is 5.10 Å². The molecule has 0 spiro atoms. The van der Waals surface area contributed by atoms with Crippen LogP contribution in [-0.2, 0) is 0 Å². The van der Waals surface area contributed by atoms with Crippen molar-refractivity contribution in [3.63, 3.8) is 0 Å². The van der Waals surface area contributed by atoms with Crippen LogP contribution in [0.2, 0.25) is 0 Å². The molecule has 6 heteroatoms. The van der Waals surface area contributed by atoms with Gasteiger partial charge in [0.1, 0.15) is 6.10 Å². The summed E-state index contributed by atoms with van der Waals surface area (Å²) in [6.07, 6.45) is 7.87. The average Bonchev–Trinajstić information content (AvgIpc) is 2.58. The minimum absolute atomic E-state index is 0.00198. The lowest BCUT2D eigenvalue weighted by molar-refractivity contribution is 0.0952. The van der Waals surface area contributed by atoms with E-state index in [1.807, 2.05) is 24.0 Å². The van der Waals surface area contributed by atoms with E-state index in [1.165, 1.54) is 19.3 Å². The van der Waals surface area contributed by atoms with Gasteiger partial charge < -0.3 is 15.0 Å². The molecule has 0 radical (unpaired) electrons. The number of ether oxygens (including phenoxy) is 1. The highest BCUT2D eigenvalue weighted by atomic mass is 16.5. The highest BCUT2D eigenvalue weighted by Crippen LogP contribution is 2.19. The van der Waals surface area contributed by atoms with Crippen molar-refractivity contribution in [3.05, 3.63) is 17.8 Å². The predicted molar refractivity (Wildman–Crippen MR) is 87.4 cm³/mol. The number of rotatable bonds is 3. The van der Waals surface area contributed by atoms with E-state index in [1.54, 1.807) is 0 Å². The van der Waals surface area contributed by atoms with Crippen LogP contribution in [-0.4, -0.2) is 46.4 Å². The first-order valence-corrected chi connectivity index (χ1v) is 8.73. The Morgan fingerprint density at radius 3 is 2.74 bits per heavy atom. The smallest absolute Gasteiger partial charge is 0.317 e. The Morgan fingerprint density at radius 1 is 1.17 bits per heavy atom. The number of urea groups is 1. The number of carbonyl (C=O) groups is 1. The number of piperidine rings is 1. The van der Waals surface area contributed by atoms with Gasteiger partial charge in [-0.25, -0.2) is 4.79 Å². The van der Waals surface area contributed by atoms with Crippen LogP contribution in [0.3, 0.4) is 0 Å². The molecule has 23 heavy (non-hydrogen) atoms. The Balaban J connectivity index is 1.50. The fourth-order valence-electron chi connectivity index (χ4n) is 3.35. The highest BCUT2D eigenvalue weighted by Gasteiger charge is 2.27. The molecule has 2 heterocycles. The van der Waals surface area contributed by atoms with E-state index in [0.29, 0.717) is 18.5 Å². The van der Waals surface area contributed by atoms with Gasteiger partial charge in [-0.1, -0.05) is 19.3 Å². The topological polar surface area (TPSA) is 67.3 Å². The summed E-state index contributed by atoms with van der Waals surface area (Å²) in [4.78, 5) is 14.3. The first kappa shape index (κ1) is 16.0. The molecule has 126 valence electrons. The third-order valence-electron chi connectivity index (χ3n) is 4.66. The molecule has 1 aromatic rings. The third kappa shape index (κ3) is 4.56. The van der Waals surface area contributed by atoms with Crippen molar-refractivity contribution in [2.45, 2.75) is 64.0 Å². The standard InChI is InChI=1S/C17H26N4O2/c1-13-9-10-16(20-19-13)23-15-8-5-11-21(12-15)17(22)18-14-6-3-2-4-7-14/h9-10,14-15H,2-8,11-12H2,1H3,(H,18,22). The second-order valence-corrected chi connectivity index (χ2v) is 6.63. The van der Waals surface area contributed by atoms with Crippen LogP contribution in [0.5, 0.6) is 5.88 Å². The molecule has 1 saturated heterocycles. The molecule has 1 aliphatic heterocycles. The summed E-state index contributed by atoms with van der Waals surface area (Å²) in [6.45, 7) is 3.32. The van der Waals surface area contributed by atoms with Crippen LogP contribution in [0.15, 0.2) is 12.1 Å². The largest absolute Gasteiger partial charge is 0.471 e. The van der Waals surface area contributed by atoms with E-state index in [2.05, 4.69) is 15.5 Å². The van der Waals surface area contributed by atoms with E-state index >= 15 is 0 Å². The van der Waals surface area contributed by atoms with Crippen molar-refractivity contribution in [1.29, 1.82) is 0 Å². The molecule has 6 nitrogen and oxygen atoms in total. The van der Waals surface area contributed by atoms with Gasteiger partial charge in [0, 0.05) is 18.7 Å². The van der Waals surface area contributed by atoms with Crippen LogP contribution in [0.1, 0.15) is 50.6 Å². The van der Waals surface area contributed by atoms with Gasteiger partial charge in [0.25, 0.3) is 0 Å². The molecule has 1 unspecified atom stereocenters. The van der Waals surface area contributed by atoms with Gasteiger partial charge in [0.05, 0.1) is 12.2 Å². The second-order valence-electron chi connectivity index (χ2n) is 6.63. The zero-order valence-electron chi connectivity index (χ0n) is 13.8. The number of hydrogen-bond donors (Lipinski definition) is 1. The number of nitrogens with zero attached hydrogens (tertiary/aromatic N) is 3. The quantitative estimate of drug-likeness (QED) is 0.930. The van der Waals surface area contributed by atoms with E-state index in [4.69, 9.17) is 4.74 Å². The molecular weight excluding hydrogens is 292 g/mol. The SMILES string of the molecule is Cc1ccc(OC2CCCN(C(=O)NC3CCCCC3)C2)nn1. The van der Waals surface area contributed by atoms with Gasteiger partial charge in [0.2, 0.25) is 5.88 Å². The number of amides is 2. The van der Waals surface area contributed by atoms with Gasteiger partial charge in [-0.2, -0.15) is 5.10 Å². The molecule has 1 atom stereocenters. The molecule has 0 bridgehead atoms. The fourth-order valence-corrected chi connectivity index (χ4v) is 3.35. The number of likely N-dealkylation sites (tertiary alicyclic amines) is 1. The number of carbonyl (C=O) groups excluding carboxylic acids is 1. The Kier molecular flexibility index (Phi) is 5.31. The summed E-state index contributed by atoms with van der Waals surface area (Å²) in [6, 6.07) is 4.13. The van der Waals surface area contributed by atoms with E-state index in [-0.39, 0.29) is 12.1 Å². The summed E-state index contributed by atoms with van der Waals surface area (Å²) in [7, 11) is 0. The zero-order valence-corrected chi connectivity index (χ0v) is 13.8. The number of aryl methyl sites for hydroxylation is 1. The molecule has 3 rings (SSSR count). The summed E-state index contributed by atoms with van der Waals surface area (Å²) >= 11 is 0. The zero-order chi connectivity index (χ0) is 16.1. The molecule has 1 saturated carbocycles. The molecule has 1 N–H and O–H groups in total. The normalized spacial score (nSPS) is 22.7. The molecule has 2 fully saturated rings. The summed E-state index contributed by atoms with van der Waals surface area (Å²) < 4.78 is 5.89. The second kappa shape index (κ2) is 7.62. The van der Waals surface area contributed by atoms with Crippen LogP contribution in [0.4, 0.5) is 4.79 Å². The lowest BCUT2D eigenvalue weighted by atomic mass is 9.96. The van der Waals surface area contributed by atoms with E-state index in [9.17, 15) is 4.79 Å². The van der Waals surface area contributed by atoms with Crippen molar-refractivity contribution in [2.24, 2.45) is 0 Å². The Labute approximate surface area is 137 Å². The molecule has 2 aliphatic rings. The molecule has 1 aromatic heterocycles. The Hall–Kier alpha value is -1.85. The highest BCUT2D eigenvalue weighted by molar-refractivity contribution is 5.74. The third-order valence-corrected chi connectivity index (χ3v) is 4.66. The van der Waals surface area contributed by atoms with Gasteiger partial charge >= 0.3 is 6.03 Å². The lowest BCUT2D eigenvalue weighted by Crippen LogP contribution is -2.51. The minimum Gasteiger partial charge on any atom is -0.471 e. The predicted octanol–water partition coefficient (Wildman–Crippen LogP) is 2.67. The first-order chi connectivity index (χ1) is 11.2. The van der Waals surface area contributed by atoms with E-state index < -0.39 is 0 Å². The van der Waals surface area contributed by atoms with E-state index in [0.717, 1.165) is 37.9 Å². The van der Waals surface area contributed by atoms with Crippen molar-refractivity contribution in [2.75, 3.05) is 13.1 Å². The minimum atomic E-state index is -0.00198. The molecule has 0 aromatic carbocycles. The summed E-state index contributed by atoms with van der Waals surface area (Å²) in [5.74, 6) is 0.537. The number of nitrogens with one attached hydrogen (secondary N) is 1. The Morgan fingerprint density at radius 2 is 2.00 bits per heavy atom. The van der Waals surface area contributed by atoms with Crippen molar-refractivity contribution < 1.29 is 9.53 Å². The fraction of sp³-hybridized carbons (Fsp3) is 0.706. The van der Waals surface area contributed by atoms with Crippen LogP contribution >= 0.6 is 0 Å². The van der Waals surface area contributed by atoms with Gasteiger partial charge in [0.15, 0.2) is 0 Å². The first-order valence-electron chi connectivity index (χ1n) is 8.73. The molecule has 1 aliphatic carbocycles. The van der Waals surface area contributed by atoms with Crippen LogP contribution < -0.4 is 10.1 Å². The van der Waals surface area contributed by atoms with Crippen molar-refractivity contribution in [3.8, 4) is 5.88 Å². The maximum absolute atomic E-state index is 12.4. The summed E-state index contributed by atoms with van der Waals surface area (Å²) in [5, 5.41) is 11.2. The monoisotopic (exact) mass is 318 g/mol. The van der Waals surface area contributed by atoms with Crippen molar-refractivity contribution in [1.82, 2.24) is 20.4 Å². The van der Waals surface area contributed by atoms with Crippen LogP contribution in [0.25, 0.3) is 0 Å². The maximum atomic E-state index is 12.4. The van der Waals surface area contributed by atoms with Crippen LogP contribution in [0, 0.1) is 6.92 Å². The Bertz CT molecular complexity index is 514. The average molecular weight is 318 g/mol. The van der Waals surface area contributed by atoms with Gasteiger partial charge in [-0.05, 0) is 38.7 Å². The van der Waals surface area contributed by atoms with Crippen molar-refractivity contribution >= 4 is 6.03 Å². The maximum Gasteiger partial charge on any atom is 0.317 e. The van der Waals surface area contributed by atoms with Gasteiger partial charge in [-0.3, -0.25) is 0 Å². The molecule has 2 amide bonds.